The van der Waals surface area contributed by atoms with Crippen LogP contribution in [0.2, 0.25) is 0 Å². The molecule has 1 amide bonds. The Balaban J connectivity index is 1.67. The molecule has 0 spiro atoms. The average molecular weight is 414 g/mol. The van der Waals surface area contributed by atoms with Gasteiger partial charge in [0.15, 0.2) is 0 Å². The summed E-state index contributed by atoms with van der Waals surface area (Å²) in [5.74, 6) is 0.131. The monoisotopic (exact) mass is 413 g/mol. The van der Waals surface area contributed by atoms with Crippen molar-refractivity contribution in [2.75, 3.05) is 5.32 Å². The fourth-order valence-corrected chi connectivity index (χ4v) is 4.85. The molecule has 4 aromatic rings. The standard InChI is InChI=1S/C25H27N5O/c1-15-7-8-22(25(15,2)3)29-23-20(24(26)31)13-28-30-14-17(11-21(23)30)18-6-4-5-16-12-27-10-9-19(16)18/h4-6,9-15,22,29H,7-8H2,1-3H3,(H2,26,31)/t15?,22-/m1/s1. The second-order valence-electron chi connectivity index (χ2n) is 9.26. The topological polar surface area (TPSA) is 85.3 Å². The van der Waals surface area contributed by atoms with Crippen LogP contribution in [0.25, 0.3) is 27.4 Å². The third-order valence-electron chi connectivity index (χ3n) is 7.27. The molecule has 1 aliphatic rings. The van der Waals surface area contributed by atoms with Crippen molar-refractivity contribution in [1.82, 2.24) is 14.6 Å². The van der Waals surface area contributed by atoms with Crippen molar-refractivity contribution in [2.24, 2.45) is 17.1 Å². The van der Waals surface area contributed by atoms with Gasteiger partial charge in [-0.25, -0.2) is 4.52 Å². The second-order valence-corrected chi connectivity index (χ2v) is 9.26. The third-order valence-corrected chi connectivity index (χ3v) is 7.27. The molecular weight excluding hydrogens is 386 g/mol. The second kappa shape index (κ2) is 7.08. The zero-order chi connectivity index (χ0) is 21.8. The normalized spacial score (nSPS) is 20.4. The maximum Gasteiger partial charge on any atom is 0.252 e. The number of hydrogen-bond acceptors (Lipinski definition) is 4. The van der Waals surface area contributed by atoms with Crippen LogP contribution in [0, 0.1) is 11.3 Å². The van der Waals surface area contributed by atoms with Gasteiger partial charge in [-0.2, -0.15) is 5.10 Å². The lowest BCUT2D eigenvalue weighted by Crippen LogP contribution is -2.35. The van der Waals surface area contributed by atoms with E-state index < -0.39 is 5.91 Å². The molecule has 31 heavy (non-hydrogen) atoms. The molecule has 0 saturated heterocycles. The van der Waals surface area contributed by atoms with Crippen LogP contribution in [0.15, 0.2) is 55.1 Å². The Kier molecular flexibility index (Phi) is 4.46. The predicted molar refractivity (Wildman–Crippen MR) is 124 cm³/mol. The van der Waals surface area contributed by atoms with Crippen molar-refractivity contribution < 1.29 is 4.79 Å². The van der Waals surface area contributed by atoms with Gasteiger partial charge in [0.2, 0.25) is 0 Å². The highest BCUT2D eigenvalue weighted by atomic mass is 16.1. The Morgan fingerprint density at radius 1 is 1.23 bits per heavy atom. The Hall–Kier alpha value is -3.41. The van der Waals surface area contributed by atoms with Gasteiger partial charge in [-0.1, -0.05) is 39.0 Å². The molecule has 1 unspecified atom stereocenters. The van der Waals surface area contributed by atoms with Crippen molar-refractivity contribution >= 4 is 27.9 Å². The van der Waals surface area contributed by atoms with Crippen LogP contribution < -0.4 is 11.1 Å². The van der Waals surface area contributed by atoms with Gasteiger partial charge in [0.05, 0.1) is 23.0 Å². The summed E-state index contributed by atoms with van der Waals surface area (Å²) in [5.41, 5.74) is 10.0. The smallest absolute Gasteiger partial charge is 0.252 e. The van der Waals surface area contributed by atoms with Gasteiger partial charge in [0, 0.05) is 35.6 Å². The molecule has 3 aromatic heterocycles. The van der Waals surface area contributed by atoms with Gasteiger partial charge in [0.1, 0.15) is 0 Å². The predicted octanol–water partition coefficient (Wildman–Crippen LogP) is 4.89. The van der Waals surface area contributed by atoms with Crippen LogP contribution in [0.5, 0.6) is 0 Å². The fraction of sp³-hybridized carbons (Fsp3) is 0.320. The van der Waals surface area contributed by atoms with Crippen molar-refractivity contribution in [3.63, 3.8) is 0 Å². The fourth-order valence-electron chi connectivity index (χ4n) is 4.85. The molecule has 0 aliphatic heterocycles. The van der Waals surface area contributed by atoms with Crippen LogP contribution in [-0.4, -0.2) is 26.5 Å². The molecule has 3 N–H and O–H groups in total. The molecule has 1 fully saturated rings. The highest BCUT2D eigenvalue weighted by Crippen LogP contribution is 2.44. The van der Waals surface area contributed by atoms with E-state index in [1.807, 2.05) is 29.0 Å². The minimum atomic E-state index is -0.472. The Bertz CT molecular complexity index is 1300. The van der Waals surface area contributed by atoms with Crippen LogP contribution in [0.1, 0.15) is 44.0 Å². The van der Waals surface area contributed by atoms with E-state index in [9.17, 15) is 4.79 Å². The number of anilines is 1. The lowest BCUT2D eigenvalue weighted by Gasteiger charge is -2.33. The number of rotatable bonds is 4. The van der Waals surface area contributed by atoms with Gasteiger partial charge in [0.25, 0.3) is 5.91 Å². The molecule has 5 rings (SSSR count). The highest BCUT2D eigenvalue weighted by molar-refractivity contribution is 6.03. The van der Waals surface area contributed by atoms with Gasteiger partial charge in [-0.05, 0) is 47.3 Å². The number of primary amides is 1. The number of pyridine rings is 1. The summed E-state index contributed by atoms with van der Waals surface area (Å²) < 4.78 is 1.83. The summed E-state index contributed by atoms with van der Waals surface area (Å²) in [6.07, 6.45) is 9.47. The Labute approximate surface area is 181 Å². The van der Waals surface area contributed by atoms with Gasteiger partial charge in [-0.15, -0.1) is 0 Å². The number of fused-ring (bicyclic) bond motifs is 2. The largest absolute Gasteiger partial charge is 0.379 e. The lowest BCUT2D eigenvalue weighted by atomic mass is 9.80. The van der Waals surface area contributed by atoms with E-state index in [1.54, 1.807) is 12.4 Å². The molecule has 2 atom stereocenters. The van der Waals surface area contributed by atoms with Crippen LogP contribution in [-0.2, 0) is 0 Å². The van der Waals surface area contributed by atoms with Crippen LogP contribution in [0.3, 0.4) is 0 Å². The van der Waals surface area contributed by atoms with Crippen molar-refractivity contribution in [1.29, 1.82) is 0 Å². The first-order valence-corrected chi connectivity index (χ1v) is 10.8. The van der Waals surface area contributed by atoms with Crippen molar-refractivity contribution in [3.05, 3.63) is 60.7 Å². The average Bonchev–Trinajstić information content (AvgIpc) is 3.29. The van der Waals surface area contributed by atoms with E-state index in [0.29, 0.717) is 11.5 Å². The minimum Gasteiger partial charge on any atom is -0.379 e. The van der Waals surface area contributed by atoms with Gasteiger partial charge >= 0.3 is 0 Å². The number of benzene rings is 1. The molecule has 6 heteroatoms. The number of amides is 1. The summed E-state index contributed by atoms with van der Waals surface area (Å²) in [7, 11) is 0. The lowest BCUT2D eigenvalue weighted by molar-refractivity contribution is 0.100. The van der Waals surface area contributed by atoms with Crippen LogP contribution in [0.4, 0.5) is 5.69 Å². The van der Waals surface area contributed by atoms with E-state index in [1.165, 1.54) is 0 Å². The molecule has 0 bridgehead atoms. The number of aromatic nitrogens is 3. The first-order valence-electron chi connectivity index (χ1n) is 10.8. The maximum absolute atomic E-state index is 12.2. The summed E-state index contributed by atoms with van der Waals surface area (Å²) in [4.78, 5) is 16.5. The summed E-state index contributed by atoms with van der Waals surface area (Å²) >= 11 is 0. The van der Waals surface area contributed by atoms with Gasteiger partial charge in [-0.3, -0.25) is 9.78 Å². The van der Waals surface area contributed by atoms with Crippen molar-refractivity contribution in [2.45, 2.75) is 39.7 Å². The third kappa shape index (κ3) is 3.14. The zero-order valence-corrected chi connectivity index (χ0v) is 18.1. The minimum absolute atomic E-state index is 0.118. The van der Waals surface area contributed by atoms with Crippen molar-refractivity contribution in [3.8, 4) is 11.1 Å². The summed E-state index contributed by atoms with van der Waals surface area (Å²) in [5, 5.41) is 10.4. The molecule has 6 nitrogen and oxygen atoms in total. The maximum atomic E-state index is 12.2. The van der Waals surface area contributed by atoms with E-state index in [0.717, 1.165) is 45.9 Å². The number of nitrogens with zero attached hydrogens (tertiary/aromatic N) is 3. The SMILES string of the molecule is CC1CC[C@@H](Nc2c(C(N)=O)cnn3cc(-c4cccc5cnccc45)cc23)C1(C)C. The van der Waals surface area contributed by atoms with Gasteiger partial charge < -0.3 is 11.1 Å². The first-order chi connectivity index (χ1) is 14.9. The summed E-state index contributed by atoms with van der Waals surface area (Å²) in [6.45, 7) is 6.88. The molecule has 1 aromatic carbocycles. The number of carbonyl (C=O) groups excluding carboxylic acids is 1. The number of hydrogen-bond donors (Lipinski definition) is 2. The molecule has 0 radical (unpaired) electrons. The Morgan fingerprint density at radius 3 is 2.81 bits per heavy atom. The first kappa shape index (κ1) is 19.5. The number of nitrogens with two attached hydrogens (primary N) is 1. The molecule has 158 valence electrons. The molecule has 1 aliphatic carbocycles. The quantitative estimate of drug-likeness (QED) is 0.499. The summed E-state index contributed by atoms with van der Waals surface area (Å²) in [6, 6.07) is 10.6. The highest BCUT2D eigenvalue weighted by Gasteiger charge is 2.41. The van der Waals surface area contributed by atoms with E-state index in [4.69, 9.17) is 5.73 Å². The number of nitrogens with one attached hydrogen (secondary N) is 1. The van der Waals surface area contributed by atoms with Crippen LogP contribution >= 0.6 is 0 Å². The molecular formula is C25H27N5O. The molecule has 3 heterocycles. The molecule has 1 saturated carbocycles. The Morgan fingerprint density at radius 2 is 2.06 bits per heavy atom. The van der Waals surface area contributed by atoms with E-state index in [-0.39, 0.29) is 11.5 Å². The van der Waals surface area contributed by atoms with E-state index >= 15 is 0 Å². The zero-order valence-electron chi connectivity index (χ0n) is 18.1. The number of carbonyl (C=O) groups is 1. The van der Waals surface area contributed by atoms with E-state index in [2.05, 4.69) is 54.4 Å².